The van der Waals surface area contributed by atoms with Crippen molar-refractivity contribution in [3.63, 3.8) is 0 Å². The first-order valence-corrected chi connectivity index (χ1v) is 7.19. The first-order valence-electron chi connectivity index (χ1n) is 6.21. The summed E-state index contributed by atoms with van der Waals surface area (Å²) in [6.07, 6.45) is -4.48. The van der Waals surface area contributed by atoms with E-state index in [0.717, 1.165) is 23.1 Å². The zero-order valence-electron chi connectivity index (χ0n) is 12.0. The van der Waals surface area contributed by atoms with E-state index in [1.165, 1.54) is 0 Å². The van der Waals surface area contributed by atoms with Crippen molar-refractivity contribution in [2.24, 2.45) is 0 Å². The van der Waals surface area contributed by atoms with Gasteiger partial charge in [-0.05, 0) is 19.9 Å². The lowest BCUT2D eigenvalue weighted by Crippen LogP contribution is -2.41. The van der Waals surface area contributed by atoms with Gasteiger partial charge in [0.05, 0.1) is 12.3 Å². The number of nitrogens with zero attached hydrogens (tertiary/aromatic N) is 2. The molecular formula is C12H15F3N4O2S. The van der Waals surface area contributed by atoms with E-state index in [9.17, 15) is 22.8 Å². The average Bonchev–Trinajstić information content (AvgIpc) is 2.38. The Labute approximate surface area is 129 Å². The largest absolute Gasteiger partial charge is 0.405 e. The van der Waals surface area contributed by atoms with E-state index >= 15 is 0 Å². The molecule has 22 heavy (non-hydrogen) atoms. The molecule has 2 N–H and O–H groups in total. The van der Waals surface area contributed by atoms with Gasteiger partial charge in [0.2, 0.25) is 11.8 Å². The molecule has 122 valence electrons. The van der Waals surface area contributed by atoms with Crippen LogP contribution in [0.2, 0.25) is 0 Å². The third-order valence-corrected chi connectivity index (χ3v) is 3.07. The van der Waals surface area contributed by atoms with Gasteiger partial charge in [-0.2, -0.15) is 13.2 Å². The normalized spacial score (nSPS) is 11.1. The maximum absolute atomic E-state index is 11.9. The van der Waals surface area contributed by atoms with Crippen molar-refractivity contribution < 1.29 is 22.8 Å². The molecule has 0 aromatic carbocycles. The molecule has 1 aromatic rings. The Morgan fingerprint density at radius 1 is 1.14 bits per heavy atom. The molecule has 0 aliphatic heterocycles. The van der Waals surface area contributed by atoms with Crippen LogP contribution in [0.1, 0.15) is 11.4 Å². The van der Waals surface area contributed by atoms with Crippen LogP contribution in [0.4, 0.5) is 13.2 Å². The zero-order chi connectivity index (χ0) is 16.8. The van der Waals surface area contributed by atoms with E-state index < -0.39 is 31.1 Å². The summed E-state index contributed by atoms with van der Waals surface area (Å²) in [6.45, 7) is 1.66. The number of aryl methyl sites for hydroxylation is 2. The van der Waals surface area contributed by atoms with Gasteiger partial charge in [0.15, 0.2) is 5.16 Å². The van der Waals surface area contributed by atoms with Crippen LogP contribution in [0, 0.1) is 13.8 Å². The molecule has 10 heteroatoms. The minimum Gasteiger partial charge on any atom is -0.346 e. The molecule has 0 saturated carbocycles. The van der Waals surface area contributed by atoms with E-state index in [2.05, 4.69) is 15.3 Å². The minimum atomic E-state index is -4.48. The van der Waals surface area contributed by atoms with Gasteiger partial charge in [0.1, 0.15) is 6.54 Å². The van der Waals surface area contributed by atoms with Crippen molar-refractivity contribution in [3.05, 3.63) is 17.5 Å². The van der Waals surface area contributed by atoms with E-state index in [-0.39, 0.29) is 5.75 Å². The summed E-state index contributed by atoms with van der Waals surface area (Å²) >= 11 is 1.08. The highest BCUT2D eigenvalue weighted by Gasteiger charge is 2.27. The standard InChI is InChI=1S/C12H15F3N4O2S/c1-7-3-8(2)19-11(18-7)22-5-10(21)16-4-9(20)17-6-12(13,14)15/h3H,4-6H2,1-2H3,(H,16,21)(H,17,20). The topological polar surface area (TPSA) is 84.0 Å². The molecule has 0 fully saturated rings. The number of carbonyl (C=O) groups excluding carboxylic acids is 2. The Hall–Kier alpha value is -1.84. The van der Waals surface area contributed by atoms with E-state index in [1.807, 2.05) is 0 Å². The van der Waals surface area contributed by atoms with Crippen LogP contribution in [0.15, 0.2) is 11.2 Å². The summed E-state index contributed by atoms with van der Waals surface area (Å²) in [6, 6.07) is 1.79. The maximum atomic E-state index is 11.9. The third kappa shape index (κ3) is 7.81. The SMILES string of the molecule is Cc1cc(C)nc(SCC(=O)NCC(=O)NCC(F)(F)F)n1. The van der Waals surface area contributed by atoms with Crippen LogP contribution >= 0.6 is 11.8 Å². The second-order valence-electron chi connectivity index (χ2n) is 4.39. The van der Waals surface area contributed by atoms with Crippen molar-refractivity contribution in [2.45, 2.75) is 25.2 Å². The summed E-state index contributed by atoms with van der Waals surface area (Å²) in [5.41, 5.74) is 1.53. The van der Waals surface area contributed by atoms with Gasteiger partial charge in [-0.1, -0.05) is 11.8 Å². The second-order valence-corrected chi connectivity index (χ2v) is 5.33. The molecule has 1 rings (SSSR count). The molecular weight excluding hydrogens is 321 g/mol. The summed E-state index contributed by atoms with van der Waals surface area (Å²) in [4.78, 5) is 30.9. The fraction of sp³-hybridized carbons (Fsp3) is 0.500. The van der Waals surface area contributed by atoms with Gasteiger partial charge in [-0.15, -0.1) is 0 Å². The number of hydrogen-bond donors (Lipinski definition) is 2. The fourth-order valence-electron chi connectivity index (χ4n) is 1.38. The summed E-state index contributed by atoms with van der Waals surface area (Å²) < 4.78 is 35.6. The van der Waals surface area contributed by atoms with Crippen molar-refractivity contribution in [2.75, 3.05) is 18.8 Å². The molecule has 0 aliphatic carbocycles. The Bertz CT molecular complexity index is 531. The Morgan fingerprint density at radius 2 is 1.73 bits per heavy atom. The molecule has 6 nitrogen and oxygen atoms in total. The number of nitrogens with one attached hydrogen (secondary N) is 2. The lowest BCUT2D eigenvalue weighted by molar-refractivity contribution is -0.138. The number of amides is 2. The third-order valence-electron chi connectivity index (χ3n) is 2.23. The lowest BCUT2D eigenvalue weighted by Gasteiger charge is -2.09. The van der Waals surface area contributed by atoms with Gasteiger partial charge in [0, 0.05) is 11.4 Å². The number of rotatable bonds is 6. The van der Waals surface area contributed by atoms with Crippen molar-refractivity contribution in [1.82, 2.24) is 20.6 Å². The Kier molecular flexibility index (Phi) is 6.60. The fourth-order valence-corrected chi connectivity index (χ4v) is 2.16. The van der Waals surface area contributed by atoms with Crippen LogP contribution in [0.25, 0.3) is 0 Å². The molecule has 0 unspecified atom stereocenters. The monoisotopic (exact) mass is 336 g/mol. The number of alkyl halides is 3. The van der Waals surface area contributed by atoms with Crippen LogP contribution in [-0.4, -0.2) is 46.8 Å². The molecule has 0 saturated heterocycles. The zero-order valence-corrected chi connectivity index (χ0v) is 12.8. The van der Waals surface area contributed by atoms with Crippen LogP contribution < -0.4 is 10.6 Å². The molecule has 1 aromatic heterocycles. The Balaban J connectivity index is 2.30. The summed E-state index contributed by atoms with van der Waals surface area (Å²) in [7, 11) is 0. The lowest BCUT2D eigenvalue weighted by atomic mass is 10.4. The van der Waals surface area contributed by atoms with Crippen LogP contribution in [0.3, 0.4) is 0 Å². The summed E-state index contributed by atoms with van der Waals surface area (Å²) in [5, 5.41) is 4.31. The number of thioether (sulfide) groups is 1. The molecule has 0 radical (unpaired) electrons. The number of aromatic nitrogens is 2. The van der Waals surface area contributed by atoms with E-state index in [4.69, 9.17) is 0 Å². The minimum absolute atomic E-state index is 0.0323. The maximum Gasteiger partial charge on any atom is 0.405 e. The first kappa shape index (κ1) is 18.2. The smallest absolute Gasteiger partial charge is 0.346 e. The Morgan fingerprint density at radius 3 is 2.27 bits per heavy atom. The van der Waals surface area contributed by atoms with Gasteiger partial charge in [-0.3, -0.25) is 9.59 Å². The van der Waals surface area contributed by atoms with Crippen molar-refractivity contribution in [3.8, 4) is 0 Å². The number of carbonyl (C=O) groups is 2. The van der Waals surface area contributed by atoms with Gasteiger partial charge < -0.3 is 10.6 Å². The predicted molar refractivity (Wildman–Crippen MR) is 74.3 cm³/mol. The highest BCUT2D eigenvalue weighted by atomic mass is 32.2. The highest BCUT2D eigenvalue weighted by molar-refractivity contribution is 7.99. The van der Waals surface area contributed by atoms with Crippen LogP contribution in [0.5, 0.6) is 0 Å². The molecule has 0 aliphatic rings. The van der Waals surface area contributed by atoms with Crippen molar-refractivity contribution in [1.29, 1.82) is 0 Å². The molecule has 0 bridgehead atoms. The number of hydrogen-bond acceptors (Lipinski definition) is 5. The number of halogens is 3. The van der Waals surface area contributed by atoms with Crippen LogP contribution in [-0.2, 0) is 9.59 Å². The second kappa shape index (κ2) is 7.97. The quantitative estimate of drug-likeness (QED) is 0.598. The summed E-state index contributed by atoms with van der Waals surface area (Å²) in [5.74, 6) is -1.43. The molecule has 0 spiro atoms. The molecule has 0 atom stereocenters. The molecule has 2 amide bonds. The highest BCUT2D eigenvalue weighted by Crippen LogP contribution is 2.13. The molecule has 1 heterocycles. The first-order chi connectivity index (χ1) is 10.2. The van der Waals surface area contributed by atoms with Gasteiger partial charge in [0.25, 0.3) is 0 Å². The predicted octanol–water partition coefficient (Wildman–Crippen LogP) is 0.980. The average molecular weight is 336 g/mol. The van der Waals surface area contributed by atoms with E-state index in [0.29, 0.717) is 5.16 Å². The van der Waals surface area contributed by atoms with Gasteiger partial charge >= 0.3 is 6.18 Å². The van der Waals surface area contributed by atoms with Crippen molar-refractivity contribution >= 4 is 23.6 Å². The van der Waals surface area contributed by atoms with Gasteiger partial charge in [-0.25, -0.2) is 9.97 Å². The van der Waals surface area contributed by atoms with E-state index in [1.54, 1.807) is 25.2 Å².